The molecule has 0 radical (unpaired) electrons. The Morgan fingerprint density at radius 3 is 2.74 bits per heavy atom. The summed E-state index contributed by atoms with van der Waals surface area (Å²) >= 11 is 0. The number of benzene rings is 1. The first-order valence-corrected chi connectivity index (χ1v) is 5.88. The third-order valence-corrected chi connectivity index (χ3v) is 2.81. The summed E-state index contributed by atoms with van der Waals surface area (Å²) in [7, 11) is 0. The van der Waals surface area contributed by atoms with Crippen LogP contribution in [0.25, 0.3) is 10.8 Å². The molecule has 0 fully saturated rings. The number of nitrogens with zero attached hydrogens (tertiary/aromatic N) is 1. The van der Waals surface area contributed by atoms with Crippen LogP contribution in [0, 0.1) is 0 Å². The zero-order valence-electron chi connectivity index (χ0n) is 10.1. The molecule has 2 rings (SSSR count). The van der Waals surface area contributed by atoms with Gasteiger partial charge in [0.1, 0.15) is 5.82 Å². The van der Waals surface area contributed by atoms with E-state index in [9.17, 15) is 13.6 Å². The highest BCUT2D eigenvalue weighted by molar-refractivity contribution is 5.83. The van der Waals surface area contributed by atoms with Gasteiger partial charge in [-0.1, -0.05) is 18.2 Å². The SMILES string of the molecule is O=c1[nH]c(N(CCO)CC(F)F)cc2ccccc12. The van der Waals surface area contributed by atoms with Crippen molar-refractivity contribution >= 4 is 16.6 Å². The fourth-order valence-electron chi connectivity index (χ4n) is 1.96. The van der Waals surface area contributed by atoms with E-state index in [1.807, 2.05) is 0 Å². The van der Waals surface area contributed by atoms with Crippen molar-refractivity contribution < 1.29 is 13.9 Å². The summed E-state index contributed by atoms with van der Waals surface area (Å²) in [6, 6.07) is 8.56. The molecule has 0 saturated heterocycles. The molecule has 0 unspecified atom stereocenters. The average molecular weight is 268 g/mol. The first-order valence-electron chi connectivity index (χ1n) is 5.88. The van der Waals surface area contributed by atoms with Crippen molar-refractivity contribution in [3.63, 3.8) is 0 Å². The van der Waals surface area contributed by atoms with Crippen LogP contribution in [0.1, 0.15) is 0 Å². The van der Waals surface area contributed by atoms with Crippen LogP contribution in [0.5, 0.6) is 0 Å². The molecule has 1 aromatic carbocycles. The highest BCUT2D eigenvalue weighted by Crippen LogP contribution is 2.17. The number of hydrogen-bond donors (Lipinski definition) is 2. The quantitative estimate of drug-likeness (QED) is 0.866. The smallest absolute Gasteiger partial charge is 0.257 e. The second kappa shape index (κ2) is 5.79. The van der Waals surface area contributed by atoms with E-state index < -0.39 is 13.0 Å². The minimum absolute atomic E-state index is 0.0403. The number of alkyl halides is 2. The van der Waals surface area contributed by atoms with Crippen LogP contribution in [-0.4, -0.2) is 36.2 Å². The lowest BCUT2D eigenvalue weighted by atomic mass is 10.1. The first-order chi connectivity index (χ1) is 9.11. The molecule has 2 aromatic rings. The molecule has 4 nitrogen and oxygen atoms in total. The summed E-state index contributed by atoms with van der Waals surface area (Å²) in [6.07, 6.45) is -2.54. The normalized spacial score (nSPS) is 11.2. The van der Waals surface area contributed by atoms with Crippen LogP contribution in [-0.2, 0) is 0 Å². The van der Waals surface area contributed by atoms with E-state index in [4.69, 9.17) is 5.11 Å². The van der Waals surface area contributed by atoms with Gasteiger partial charge in [-0.15, -0.1) is 0 Å². The fraction of sp³-hybridized carbons (Fsp3) is 0.308. The Bertz CT molecular complexity index is 613. The van der Waals surface area contributed by atoms with Gasteiger partial charge < -0.3 is 15.0 Å². The number of aliphatic hydroxyl groups excluding tert-OH is 1. The average Bonchev–Trinajstić information content (AvgIpc) is 2.38. The van der Waals surface area contributed by atoms with Gasteiger partial charge in [0.05, 0.1) is 13.2 Å². The molecule has 0 aliphatic rings. The maximum absolute atomic E-state index is 12.5. The molecule has 102 valence electrons. The Balaban J connectivity index is 2.45. The predicted octanol–water partition coefficient (Wildman–Crippen LogP) is 1.59. The molecule has 0 amide bonds. The highest BCUT2D eigenvalue weighted by Gasteiger charge is 2.14. The van der Waals surface area contributed by atoms with E-state index in [1.165, 1.54) is 4.90 Å². The minimum atomic E-state index is -2.54. The van der Waals surface area contributed by atoms with E-state index in [-0.39, 0.29) is 24.5 Å². The summed E-state index contributed by atoms with van der Waals surface area (Å²) in [5, 5.41) is 10.1. The second-order valence-corrected chi connectivity index (χ2v) is 4.13. The molecule has 0 spiro atoms. The number of halogens is 2. The molecule has 1 aromatic heterocycles. The van der Waals surface area contributed by atoms with Crippen LogP contribution in [0.2, 0.25) is 0 Å². The lowest BCUT2D eigenvalue weighted by Gasteiger charge is -2.23. The van der Waals surface area contributed by atoms with Crippen molar-refractivity contribution in [2.45, 2.75) is 6.43 Å². The number of hydrogen-bond acceptors (Lipinski definition) is 3. The third kappa shape index (κ3) is 3.08. The monoisotopic (exact) mass is 268 g/mol. The lowest BCUT2D eigenvalue weighted by Crippen LogP contribution is -2.33. The minimum Gasteiger partial charge on any atom is -0.395 e. The number of pyridine rings is 1. The molecule has 2 N–H and O–H groups in total. The van der Waals surface area contributed by atoms with Crippen LogP contribution < -0.4 is 10.5 Å². The van der Waals surface area contributed by atoms with Gasteiger partial charge in [0.25, 0.3) is 12.0 Å². The lowest BCUT2D eigenvalue weighted by molar-refractivity contribution is 0.152. The molecule has 0 saturated carbocycles. The van der Waals surface area contributed by atoms with Crippen LogP contribution in [0.3, 0.4) is 0 Å². The van der Waals surface area contributed by atoms with Gasteiger partial charge in [-0.2, -0.15) is 0 Å². The molecule has 0 atom stereocenters. The number of fused-ring (bicyclic) bond motifs is 1. The summed E-state index contributed by atoms with van der Waals surface area (Å²) in [6.45, 7) is -0.755. The summed E-state index contributed by atoms with van der Waals surface area (Å²) in [4.78, 5) is 15.7. The number of anilines is 1. The van der Waals surface area contributed by atoms with Crippen molar-refractivity contribution in [3.05, 3.63) is 40.7 Å². The molecule has 0 aliphatic carbocycles. The summed E-state index contributed by atoms with van der Waals surface area (Å²) < 4.78 is 25.0. The second-order valence-electron chi connectivity index (χ2n) is 4.13. The van der Waals surface area contributed by atoms with Crippen molar-refractivity contribution in [2.24, 2.45) is 0 Å². The van der Waals surface area contributed by atoms with Gasteiger partial charge in [0.2, 0.25) is 0 Å². The Labute approximate surface area is 108 Å². The van der Waals surface area contributed by atoms with Gasteiger partial charge in [0, 0.05) is 11.9 Å². The zero-order chi connectivity index (χ0) is 13.8. The van der Waals surface area contributed by atoms with Gasteiger partial charge >= 0.3 is 0 Å². The third-order valence-electron chi connectivity index (χ3n) is 2.81. The van der Waals surface area contributed by atoms with E-state index >= 15 is 0 Å². The Hall–Kier alpha value is -1.95. The van der Waals surface area contributed by atoms with Crippen molar-refractivity contribution in [1.82, 2.24) is 4.98 Å². The Kier molecular flexibility index (Phi) is 4.11. The molecule has 1 heterocycles. The summed E-state index contributed by atoms with van der Waals surface area (Å²) in [5.41, 5.74) is -0.328. The van der Waals surface area contributed by atoms with Crippen LogP contribution in [0.15, 0.2) is 35.1 Å². The molecule has 6 heteroatoms. The van der Waals surface area contributed by atoms with Crippen molar-refractivity contribution in [3.8, 4) is 0 Å². The Morgan fingerprint density at radius 2 is 2.05 bits per heavy atom. The fourth-order valence-corrected chi connectivity index (χ4v) is 1.96. The van der Waals surface area contributed by atoms with E-state index in [2.05, 4.69) is 4.98 Å². The van der Waals surface area contributed by atoms with E-state index in [0.717, 1.165) is 0 Å². The number of H-pyrrole nitrogens is 1. The standard InChI is InChI=1S/C13H14F2N2O2/c14-11(15)8-17(5-6-18)12-7-9-3-1-2-4-10(9)13(19)16-12/h1-4,7,11,18H,5-6,8H2,(H,16,19). The van der Waals surface area contributed by atoms with E-state index in [1.54, 1.807) is 30.3 Å². The number of aromatic amines is 1. The maximum Gasteiger partial charge on any atom is 0.257 e. The van der Waals surface area contributed by atoms with Crippen LogP contribution in [0.4, 0.5) is 14.6 Å². The van der Waals surface area contributed by atoms with E-state index in [0.29, 0.717) is 10.8 Å². The van der Waals surface area contributed by atoms with Gasteiger partial charge in [-0.3, -0.25) is 4.79 Å². The number of aliphatic hydroxyl groups is 1. The molecule has 0 aliphatic heterocycles. The van der Waals surface area contributed by atoms with Crippen molar-refractivity contribution in [1.29, 1.82) is 0 Å². The highest BCUT2D eigenvalue weighted by atomic mass is 19.3. The number of rotatable bonds is 5. The topological polar surface area (TPSA) is 56.3 Å². The number of aromatic nitrogens is 1. The zero-order valence-corrected chi connectivity index (χ0v) is 10.1. The largest absolute Gasteiger partial charge is 0.395 e. The summed E-state index contributed by atoms with van der Waals surface area (Å²) in [5.74, 6) is 0.290. The van der Waals surface area contributed by atoms with Gasteiger partial charge in [-0.25, -0.2) is 8.78 Å². The molecule has 19 heavy (non-hydrogen) atoms. The first kappa shape index (κ1) is 13.5. The molecular weight excluding hydrogens is 254 g/mol. The van der Waals surface area contributed by atoms with Gasteiger partial charge in [-0.05, 0) is 17.5 Å². The Morgan fingerprint density at radius 1 is 1.32 bits per heavy atom. The number of nitrogens with one attached hydrogen (secondary N) is 1. The predicted molar refractivity (Wildman–Crippen MR) is 69.9 cm³/mol. The molecular formula is C13H14F2N2O2. The maximum atomic E-state index is 12.5. The molecule has 0 bridgehead atoms. The van der Waals surface area contributed by atoms with Crippen LogP contribution >= 0.6 is 0 Å². The van der Waals surface area contributed by atoms with Crippen molar-refractivity contribution in [2.75, 3.05) is 24.6 Å². The van der Waals surface area contributed by atoms with Gasteiger partial charge in [0.15, 0.2) is 0 Å².